The van der Waals surface area contributed by atoms with Crippen LogP contribution in [0.3, 0.4) is 0 Å². The van der Waals surface area contributed by atoms with E-state index in [9.17, 15) is 9.59 Å². The SMILES string of the molecule is COC(=O)c1ccccc1NC(=O)C1C2CCC(C2)C1N. The Hall–Kier alpha value is -1.88. The van der Waals surface area contributed by atoms with Gasteiger partial charge in [0.25, 0.3) is 0 Å². The molecule has 5 nitrogen and oxygen atoms in total. The predicted octanol–water partition coefficient (Wildman–Crippen LogP) is 1.79. The van der Waals surface area contributed by atoms with E-state index in [2.05, 4.69) is 5.32 Å². The molecule has 21 heavy (non-hydrogen) atoms. The van der Waals surface area contributed by atoms with Crippen molar-refractivity contribution in [2.45, 2.75) is 25.3 Å². The lowest BCUT2D eigenvalue weighted by molar-refractivity contribution is -0.121. The van der Waals surface area contributed by atoms with E-state index in [0.29, 0.717) is 23.1 Å². The molecule has 3 N–H and O–H groups in total. The Morgan fingerprint density at radius 3 is 2.62 bits per heavy atom. The molecule has 5 heteroatoms. The number of nitrogens with one attached hydrogen (secondary N) is 1. The topological polar surface area (TPSA) is 81.4 Å². The number of benzene rings is 1. The van der Waals surface area contributed by atoms with Gasteiger partial charge in [-0.3, -0.25) is 4.79 Å². The molecule has 0 spiro atoms. The van der Waals surface area contributed by atoms with Crippen LogP contribution in [0.25, 0.3) is 0 Å². The van der Waals surface area contributed by atoms with E-state index in [0.717, 1.165) is 19.3 Å². The highest BCUT2D eigenvalue weighted by molar-refractivity contribution is 6.02. The summed E-state index contributed by atoms with van der Waals surface area (Å²) in [6.45, 7) is 0. The maximum Gasteiger partial charge on any atom is 0.339 e. The van der Waals surface area contributed by atoms with E-state index in [1.807, 2.05) is 0 Å². The molecule has 0 aliphatic heterocycles. The van der Waals surface area contributed by atoms with Crippen molar-refractivity contribution in [2.75, 3.05) is 12.4 Å². The summed E-state index contributed by atoms with van der Waals surface area (Å²) < 4.78 is 4.74. The summed E-state index contributed by atoms with van der Waals surface area (Å²) in [5.41, 5.74) is 7.05. The van der Waals surface area contributed by atoms with Crippen molar-refractivity contribution >= 4 is 17.6 Å². The van der Waals surface area contributed by atoms with Gasteiger partial charge in [0.1, 0.15) is 0 Å². The van der Waals surface area contributed by atoms with Crippen LogP contribution in [0, 0.1) is 17.8 Å². The summed E-state index contributed by atoms with van der Waals surface area (Å²) in [6.07, 6.45) is 3.27. The van der Waals surface area contributed by atoms with Crippen LogP contribution in [-0.4, -0.2) is 25.0 Å². The smallest absolute Gasteiger partial charge is 0.339 e. The molecule has 1 aromatic rings. The number of nitrogens with two attached hydrogens (primary N) is 1. The predicted molar refractivity (Wildman–Crippen MR) is 78.7 cm³/mol. The minimum Gasteiger partial charge on any atom is -0.465 e. The second kappa shape index (κ2) is 5.48. The van der Waals surface area contributed by atoms with Crippen molar-refractivity contribution in [2.24, 2.45) is 23.5 Å². The van der Waals surface area contributed by atoms with E-state index in [-0.39, 0.29) is 17.9 Å². The number of esters is 1. The van der Waals surface area contributed by atoms with Crippen LogP contribution in [0.2, 0.25) is 0 Å². The Kier molecular flexibility index (Phi) is 3.68. The van der Waals surface area contributed by atoms with E-state index < -0.39 is 5.97 Å². The molecule has 0 aromatic heterocycles. The van der Waals surface area contributed by atoms with Crippen molar-refractivity contribution in [3.05, 3.63) is 29.8 Å². The van der Waals surface area contributed by atoms with Gasteiger partial charge in [-0.25, -0.2) is 4.79 Å². The minimum absolute atomic E-state index is 0.0611. The van der Waals surface area contributed by atoms with Crippen molar-refractivity contribution in [3.8, 4) is 0 Å². The Bertz CT molecular complexity index is 570. The first-order chi connectivity index (χ1) is 10.1. The van der Waals surface area contributed by atoms with Crippen molar-refractivity contribution < 1.29 is 14.3 Å². The van der Waals surface area contributed by atoms with Gasteiger partial charge < -0.3 is 15.8 Å². The Labute approximate surface area is 123 Å². The fourth-order valence-electron chi connectivity index (χ4n) is 3.82. The highest BCUT2D eigenvalue weighted by atomic mass is 16.5. The standard InChI is InChI=1S/C16H20N2O3/c1-21-16(20)11-4-2-3-5-12(11)18-15(19)13-9-6-7-10(8-9)14(13)17/h2-5,9-10,13-14H,6-8,17H2,1H3,(H,18,19). The number of amides is 1. The molecule has 0 saturated heterocycles. The third kappa shape index (κ3) is 2.42. The molecule has 2 bridgehead atoms. The van der Waals surface area contributed by atoms with Crippen LogP contribution < -0.4 is 11.1 Å². The maximum atomic E-state index is 12.5. The first kappa shape index (κ1) is 14.1. The lowest BCUT2D eigenvalue weighted by Crippen LogP contribution is -2.42. The molecule has 2 saturated carbocycles. The number of hydrogen-bond donors (Lipinski definition) is 2. The lowest BCUT2D eigenvalue weighted by Gasteiger charge is -2.27. The molecule has 1 aromatic carbocycles. The quantitative estimate of drug-likeness (QED) is 0.831. The highest BCUT2D eigenvalue weighted by Gasteiger charge is 2.49. The Morgan fingerprint density at radius 1 is 1.24 bits per heavy atom. The molecule has 2 aliphatic carbocycles. The van der Waals surface area contributed by atoms with Gasteiger partial charge in [-0.2, -0.15) is 0 Å². The summed E-state index contributed by atoms with van der Waals surface area (Å²) in [7, 11) is 1.33. The van der Waals surface area contributed by atoms with Gasteiger partial charge in [-0.15, -0.1) is 0 Å². The van der Waals surface area contributed by atoms with Gasteiger partial charge in [-0.05, 0) is 43.2 Å². The Balaban J connectivity index is 1.78. The monoisotopic (exact) mass is 288 g/mol. The molecule has 112 valence electrons. The Morgan fingerprint density at radius 2 is 1.95 bits per heavy atom. The van der Waals surface area contributed by atoms with Gasteiger partial charge >= 0.3 is 5.97 Å². The number of hydrogen-bond acceptors (Lipinski definition) is 4. The summed E-state index contributed by atoms with van der Waals surface area (Å²) in [5, 5.41) is 2.86. The molecule has 4 unspecified atom stereocenters. The lowest BCUT2D eigenvalue weighted by atomic mass is 9.84. The molecule has 4 atom stereocenters. The number of fused-ring (bicyclic) bond motifs is 2. The average Bonchev–Trinajstić information content (AvgIpc) is 3.07. The van der Waals surface area contributed by atoms with Crippen LogP contribution in [0.4, 0.5) is 5.69 Å². The second-order valence-electron chi connectivity index (χ2n) is 5.96. The zero-order valence-electron chi connectivity index (χ0n) is 12.0. The summed E-state index contributed by atoms with van der Waals surface area (Å²) >= 11 is 0. The van der Waals surface area contributed by atoms with Gasteiger partial charge in [-0.1, -0.05) is 12.1 Å². The van der Waals surface area contributed by atoms with Crippen LogP contribution >= 0.6 is 0 Å². The summed E-state index contributed by atoms with van der Waals surface area (Å²) in [6, 6.07) is 6.81. The molecule has 1 amide bonds. The van der Waals surface area contributed by atoms with Crippen LogP contribution in [0.1, 0.15) is 29.6 Å². The maximum absolute atomic E-state index is 12.5. The zero-order chi connectivity index (χ0) is 15.0. The molecule has 0 radical (unpaired) electrons. The fourth-order valence-corrected chi connectivity index (χ4v) is 3.82. The third-order valence-corrected chi connectivity index (χ3v) is 4.87. The number of methoxy groups -OCH3 is 1. The van der Waals surface area contributed by atoms with Crippen molar-refractivity contribution in [3.63, 3.8) is 0 Å². The summed E-state index contributed by atoms with van der Waals surface area (Å²) in [4.78, 5) is 24.3. The van der Waals surface area contributed by atoms with Crippen LogP contribution in [0.5, 0.6) is 0 Å². The first-order valence-corrected chi connectivity index (χ1v) is 7.35. The minimum atomic E-state index is -0.455. The number of rotatable bonds is 3. The van der Waals surface area contributed by atoms with Gasteiger partial charge in [0.15, 0.2) is 0 Å². The van der Waals surface area contributed by atoms with Crippen LogP contribution in [0.15, 0.2) is 24.3 Å². The molecule has 2 fully saturated rings. The zero-order valence-corrected chi connectivity index (χ0v) is 12.0. The molecular formula is C16H20N2O3. The second-order valence-corrected chi connectivity index (χ2v) is 5.96. The van der Waals surface area contributed by atoms with E-state index in [1.165, 1.54) is 7.11 Å². The number of para-hydroxylation sites is 1. The van der Waals surface area contributed by atoms with Gasteiger partial charge in [0.05, 0.1) is 24.3 Å². The van der Waals surface area contributed by atoms with Gasteiger partial charge in [0, 0.05) is 6.04 Å². The normalized spacial score (nSPS) is 30.2. The molecule has 0 heterocycles. The first-order valence-electron chi connectivity index (χ1n) is 7.35. The number of carbonyl (C=O) groups excluding carboxylic acids is 2. The van der Waals surface area contributed by atoms with E-state index in [4.69, 9.17) is 10.5 Å². The highest BCUT2D eigenvalue weighted by Crippen LogP contribution is 2.47. The molecule has 3 rings (SSSR count). The number of anilines is 1. The fraction of sp³-hybridized carbons (Fsp3) is 0.500. The average molecular weight is 288 g/mol. The number of carbonyl (C=O) groups is 2. The largest absolute Gasteiger partial charge is 0.465 e. The summed E-state index contributed by atoms with van der Waals surface area (Å²) in [5.74, 6) is 0.181. The van der Waals surface area contributed by atoms with E-state index >= 15 is 0 Å². The van der Waals surface area contributed by atoms with Crippen molar-refractivity contribution in [1.29, 1.82) is 0 Å². The third-order valence-electron chi connectivity index (χ3n) is 4.87. The van der Waals surface area contributed by atoms with Gasteiger partial charge in [0.2, 0.25) is 5.91 Å². The molecular weight excluding hydrogens is 268 g/mol. The van der Waals surface area contributed by atoms with E-state index in [1.54, 1.807) is 24.3 Å². The molecule has 2 aliphatic rings. The van der Waals surface area contributed by atoms with Crippen molar-refractivity contribution in [1.82, 2.24) is 0 Å². The number of ether oxygens (including phenoxy) is 1. The van der Waals surface area contributed by atoms with Crippen LogP contribution in [-0.2, 0) is 9.53 Å².